The summed E-state index contributed by atoms with van der Waals surface area (Å²) < 4.78 is 29.3. The number of nitrogens with one attached hydrogen (secondary N) is 1. The highest BCUT2D eigenvalue weighted by Gasteiger charge is 2.76. The number of aliphatic hydroxyl groups excluding tert-OH is 2. The van der Waals surface area contributed by atoms with Crippen LogP contribution in [0, 0.1) is 17.8 Å². The number of hydrogen-bond acceptors (Lipinski definition) is 13. The van der Waals surface area contributed by atoms with Crippen molar-refractivity contribution in [1.82, 2.24) is 4.90 Å². The normalized spacial score (nSPS) is 23.0. The Labute approximate surface area is 394 Å². The molecular formula is C53H52N4O11. The number of nitrogens with zero attached hydrogens (tertiary/aromatic N) is 3. The van der Waals surface area contributed by atoms with Crippen LogP contribution in [-0.4, -0.2) is 111 Å². The number of benzene rings is 5. The second-order valence-corrected chi connectivity index (χ2v) is 16.8. The van der Waals surface area contributed by atoms with E-state index < -0.39 is 59.4 Å². The van der Waals surface area contributed by atoms with E-state index >= 15 is 14.4 Å². The number of fused-ring (bicyclic) bond motifs is 3. The van der Waals surface area contributed by atoms with Crippen molar-refractivity contribution in [2.75, 3.05) is 81.6 Å². The monoisotopic (exact) mass is 920 g/mol. The highest BCUT2D eigenvalue weighted by molar-refractivity contribution is 6.24. The molecule has 0 aromatic heterocycles. The molecule has 1 spiro atoms. The topological polar surface area (TPSA) is 177 Å². The van der Waals surface area contributed by atoms with Crippen LogP contribution in [0.4, 0.5) is 21.9 Å². The predicted octanol–water partition coefficient (Wildman–Crippen LogP) is 5.72. The Morgan fingerprint density at radius 1 is 0.809 bits per heavy atom. The van der Waals surface area contributed by atoms with Gasteiger partial charge in [-0.3, -0.25) is 19.3 Å². The number of aliphatic hydroxyl groups is 2. The van der Waals surface area contributed by atoms with Gasteiger partial charge in [-0.25, -0.2) is 9.69 Å². The van der Waals surface area contributed by atoms with Crippen molar-refractivity contribution in [1.29, 1.82) is 0 Å². The summed E-state index contributed by atoms with van der Waals surface area (Å²) in [4.78, 5) is 67.4. The summed E-state index contributed by atoms with van der Waals surface area (Å²) in [5.74, 6) is 2.44. The molecule has 4 aliphatic heterocycles. The van der Waals surface area contributed by atoms with Crippen molar-refractivity contribution in [2.24, 2.45) is 5.92 Å². The van der Waals surface area contributed by atoms with Crippen LogP contribution in [-0.2, 0) is 38.7 Å². The summed E-state index contributed by atoms with van der Waals surface area (Å²) in [5, 5.41) is 22.8. The average molecular weight is 921 g/mol. The van der Waals surface area contributed by atoms with Gasteiger partial charge in [0, 0.05) is 49.1 Å². The molecule has 5 aromatic rings. The van der Waals surface area contributed by atoms with Crippen LogP contribution >= 0.6 is 0 Å². The zero-order valence-corrected chi connectivity index (χ0v) is 37.5. The number of carbonyl (C=O) groups is 4. The minimum Gasteiger partial charge on any atom is -0.491 e. The van der Waals surface area contributed by atoms with E-state index in [2.05, 4.69) is 22.1 Å². The van der Waals surface area contributed by atoms with E-state index in [1.807, 2.05) is 77.7 Å². The summed E-state index contributed by atoms with van der Waals surface area (Å²) in [6.45, 7) is 1.79. The number of rotatable bonds is 13. The second-order valence-electron chi connectivity index (χ2n) is 16.8. The molecule has 4 heterocycles. The minimum absolute atomic E-state index is 0.0417. The SMILES string of the molecule is COCCOC(=O)N1C(=O)[C@@]2(c3cc(C#CCCO)ccc31)[C@H](c1ccccc1OCCO)N1[C@H](c3ccccc3)[C@H](c3ccccc3)OC(=O)[C@H]1[C@@H]2C(=O)Nc1ccc(N2CCOCC2)cc1. The number of imide groups is 1. The maximum Gasteiger partial charge on any atom is 0.421 e. The lowest BCUT2D eigenvalue weighted by Gasteiger charge is -2.46. The molecule has 3 fully saturated rings. The molecule has 350 valence electrons. The van der Waals surface area contributed by atoms with Gasteiger partial charge in [0.2, 0.25) is 11.8 Å². The number of amides is 3. The van der Waals surface area contributed by atoms with Gasteiger partial charge in [-0.1, -0.05) is 90.7 Å². The van der Waals surface area contributed by atoms with Crippen molar-refractivity contribution in [3.63, 3.8) is 0 Å². The molecule has 3 saturated heterocycles. The summed E-state index contributed by atoms with van der Waals surface area (Å²) in [7, 11) is 1.46. The van der Waals surface area contributed by atoms with Crippen molar-refractivity contribution < 1.29 is 53.1 Å². The van der Waals surface area contributed by atoms with E-state index in [0.29, 0.717) is 48.7 Å². The summed E-state index contributed by atoms with van der Waals surface area (Å²) in [6, 6.07) is 34.4. The Bertz CT molecular complexity index is 2690. The van der Waals surface area contributed by atoms with Gasteiger partial charge in [-0.05, 0) is 65.2 Å². The van der Waals surface area contributed by atoms with Gasteiger partial charge >= 0.3 is 12.1 Å². The summed E-state index contributed by atoms with van der Waals surface area (Å²) >= 11 is 0. The Balaban J connectivity index is 1.33. The Kier molecular flexibility index (Phi) is 13.8. The number of methoxy groups -OCH3 is 1. The molecule has 0 saturated carbocycles. The molecular weight excluding hydrogens is 869 g/mol. The van der Waals surface area contributed by atoms with Crippen LogP contribution in [0.1, 0.15) is 52.4 Å². The molecule has 15 heteroatoms. The third-order valence-electron chi connectivity index (χ3n) is 13.0. The Hall–Kier alpha value is -7.06. The predicted molar refractivity (Wildman–Crippen MR) is 251 cm³/mol. The second kappa shape index (κ2) is 20.4. The van der Waals surface area contributed by atoms with Crippen LogP contribution in [0.5, 0.6) is 5.75 Å². The number of para-hydroxylation sites is 1. The summed E-state index contributed by atoms with van der Waals surface area (Å²) in [5.41, 5.74) is 1.79. The van der Waals surface area contributed by atoms with Gasteiger partial charge in [0.25, 0.3) is 0 Å². The maximum atomic E-state index is 16.4. The molecule has 68 heavy (non-hydrogen) atoms. The van der Waals surface area contributed by atoms with E-state index in [4.69, 9.17) is 23.7 Å². The van der Waals surface area contributed by atoms with E-state index in [-0.39, 0.29) is 56.5 Å². The molecule has 0 aliphatic carbocycles. The van der Waals surface area contributed by atoms with Gasteiger partial charge in [0.1, 0.15) is 36.5 Å². The first-order valence-corrected chi connectivity index (χ1v) is 22.7. The van der Waals surface area contributed by atoms with Crippen LogP contribution in [0.3, 0.4) is 0 Å². The first-order chi connectivity index (χ1) is 33.3. The van der Waals surface area contributed by atoms with Crippen molar-refractivity contribution in [3.05, 3.63) is 155 Å². The van der Waals surface area contributed by atoms with Crippen LogP contribution < -0.4 is 19.9 Å². The highest BCUT2D eigenvalue weighted by Crippen LogP contribution is 2.66. The average Bonchev–Trinajstić information content (AvgIpc) is 3.83. The maximum absolute atomic E-state index is 16.4. The molecule has 9 rings (SSSR count). The fourth-order valence-corrected chi connectivity index (χ4v) is 10.2. The number of esters is 1. The largest absolute Gasteiger partial charge is 0.491 e. The molecule has 5 aromatic carbocycles. The molecule has 0 unspecified atom stereocenters. The van der Waals surface area contributed by atoms with Gasteiger partial charge in [0.05, 0.1) is 56.7 Å². The third kappa shape index (κ3) is 8.46. The van der Waals surface area contributed by atoms with Crippen LogP contribution in [0.25, 0.3) is 0 Å². The van der Waals surface area contributed by atoms with E-state index in [9.17, 15) is 15.0 Å². The van der Waals surface area contributed by atoms with Gasteiger partial charge in [-0.15, -0.1) is 0 Å². The van der Waals surface area contributed by atoms with Crippen molar-refractivity contribution in [2.45, 2.75) is 36.1 Å². The molecule has 3 amide bonds. The molecule has 4 aliphatic rings. The number of hydrogen-bond donors (Lipinski definition) is 3. The van der Waals surface area contributed by atoms with Crippen molar-refractivity contribution >= 4 is 40.9 Å². The number of carbonyl (C=O) groups excluding carboxylic acids is 4. The fourth-order valence-electron chi connectivity index (χ4n) is 10.2. The molecule has 0 radical (unpaired) electrons. The fraction of sp³-hybridized carbons (Fsp3) is 0.321. The summed E-state index contributed by atoms with van der Waals surface area (Å²) in [6.07, 6.45) is -1.81. The number of cyclic esters (lactones) is 1. The van der Waals surface area contributed by atoms with Gasteiger partial charge < -0.3 is 44.1 Å². The Morgan fingerprint density at radius 3 is 2.22 bits per heavy atom. The zero-order valence-electron chi connectivity index (χ0n) is 37.5. The molecule has 15 nitrogen and oxygen atoms in total. The third-order valence-corrected chi connectivity index (χ3v) is 13.0. The van der Waals surface area contributed by atoms with Gasteiger partial charge in [0.15, 0.2) is 0 Å². The smallest absolute Gasteiger partial charge is 0.421 e. The zero-order chi connectivity index (χ0) is 47.2. The number of ether oxygens (including phenoxy) is 5. The molecule has 3 N–H and O–H groups in total. The highest BCUT2D eigenvalue weighted by atomic mass is 16.6. The standard InChI is InChI=1S/C53H52N4O11/c1-64-32-33-67-52(63)56-42-24-19-35(12-10-11-27-58)34-41(42)53(51(56)62)44(49(60)54-38-20-22-39(23-21-38)55-25-29-65-30-26-55)46-50(61)68-47(37-15-6-3-7-16-37)45(36-13-4-2-5-14-36)57(46)48(53)40-17-8-9-18-43(40)66-31-28-59/h2-9,13-24,34,44-48,58-59H,11,25-33H2,1H3,(H,54,60)/t44-,45-,46-,47+,48+,53-/m1/s1. The van der Waals surface area contributed by atoms with Crippen LogP contribution in [0.15, 0.2) is 127 Å². The Morgan fingerprint density at radius 2 is 1.51 bits per heavy atom. The number of morpholine rings is 2. The van der Waals surface area contributed by atoms with Crippen LogP contribution in [0.2, 0.25) is 0 Å². The first kappa shape index (κ1) is 46.1. The van der Waals surface area contributed by atoms with Gasteiger partial charge in [-0.2, -0.15) is 0 Å². The quantitative estimate of drug-likeness (QED) is 0.0744. The molecule has 6 atom stereocenters. The lowest BCUT2D eigenvalue weighted by Crippen LogP contribution is -2.54. The van der Waals surface area contributed by atoms with E-state index in [0.717, 1.165) is 16.2 Å². The minimum atomic E-state index is -2.12. The lowest BCUT2D eigenvalue weighted by atomic mass is 9.65. The molecule has 0 bridgehead atoms. The lowest BCUT2D eigenvalue weighted by molar-refractivity contribution is -0.177. The van der Waals surface area contributed by atoms with Crippen molar-refractivity contribution in [3.8, 4) is 17.6 Å². The van der Waals surface area contributed by atoms with E-state index in [1.165, 1.54) is 7.11 Å². The number of anilines is 3. The first-order valence-electron chi connectivity index (χ1n) is 22.7. The van der Waals surface area contributed by atoms with E-state index in [1.54, 1.807) is 54.6 Å².